The molecule has 1 heterocycles. The van der Waals surface area contributed by atoms with E-state index in [9.17, 15) is 17.6 Å². The molecular formula is C13H14F4IN. The molecule has 1 aliphatic heterocycles. The van der Waals surface area contributed by atoms with Crippen LogP contribution in [0.5, 0.6) is 0 Å². The summed E-state index contributed by atoms with van der Waals surface area (Å²) < 4.78 is 52.6. The summed E-state index contributed by atoms with van der Waals surface area (Å²) in [7, 11) is 0. The van der Waals surface area contributed by atoms with Crippen LogP contribution in [0.25, 0.3) is 0 Å². The lowest BCUT2D eigenvalue weighted by molar-refractivity contribution is -0.187. The highest BCUT2D eigenvalue weighted by molar-refractivity contribution is 14.1. The lowest BCUT2D eigenvalue weighted by Crippen LogP contribution is -2.41. The second kappa shape index (κ2) is 5.95. The molecule has 2 rings (SSSR count). The first kappa shape index (κ1) is 15.0. The number of nitrogens with zero attached hydrogens (tertiary/aromatic N) is 1. The van der Waals surface area contributed by atoms with Crippen molar-refractivity contribution in [3.63, 3.8) is 0 Å². The minimum Gasteiger partial charge on any atom is -0.298 e. The Labute approximate surface area is 123 Å². The molecule has 1 nitrogen and oxygen atoms in total. The summed E-state index contributed by atoms with van der Waals surface area (Å²) in [5.41, 5.74) is 0.467. The van der Waals surface area contributed by atoms with Crippen LogP contribution in [0.3, 0.4) is 0 Å². The Morgan fingerprint density at radius 3 is 2.74 bits per heavy atom. The highest BCUT2D eigenvalue weighted by Gasteiger charge is 2.41. The third-order valence-electron chi connectivity index (χ3n) is 3.37. The van der Waals surface area contributed by atoms with Crippen LogP contribution >= 0.6 is 22.6 Å². The maximum Gasteiger partial charge on any atom is 0.393 e. The number of hydrogen-bond acceptors (Lipinski definition) is 1. The third-order valence-corrected chi connectivity index (χ3v) is 4.04. The molecular weight excluding hydrogens is 373 g/mol. The van der Waals surface area contributed by atoms with Crippen molar-refractivity contribution in [3.05, 3.63) is 33.1 Å². The number of rotatable bonds is 2. The van der Waals surface area contributed by atoms with Gasteiger partial charge in [0.05, 0.1) is 5.92 Å². The fraction of sp³-hybridized carbons (Fsp3) is 0.538. The van der Waals surface area contributed by atoms with Crippen LogP contribution in [0.15, 0.2) is 18.2 Å². The van der Waals surface area contributed by atoms with E-state index in [2.05, 4.69) is 22.6 Å². The minimum atomic E-state index is -4.15. The quantitative estimate of drug-likeness (QED) is 0.543. The molecule has 1 unspecified atom stereocenters. The topological polar surface area (TPSA) is 3.24 Å². The number of piperidine rings is 1. The standard InChI is InChI=1S/C13H14F4IN/c14-12-4-3-11(18)6-9(12)7-19-5-1-2-10(8-19)13(15,16)17/h3-4,6,10H,1-2,5,7-8H2. The normalized spacial score (nSPS) is 21.6. The molecule has 1 fully saturated rings. The van der Waals surface area contributed by atoms with E-state index in [1.54, 1.807) is 17.0 Å². The molecule has 0 saturated carbocycles. The van der Waals surface area contributed by atoms with Crippen LogP contribution in [-0.4, -0.2) is 24.2 Å². The number of likely N-dealkylation sites (tertiary alicyclic amines) is 1. The summed E-state index contributed by atoms with van der Waals surface area (Å²) >= 11 is 2.07. The van der Waals surface area contributed by atoms with Gasteiger partial charge in [-0.1, -0.05) is 0 Å². The second-order valence-electron chi connectivity index (χ2n) is 4.85. The second-order valence-corrected chi connectivity index (χ2v) is 6.10. The number of halogens is 5. The molecule has 0 amide bonds. The molecule has 1 atom stereocenters. The summed E-state index contributed by atoms with van der Waals surface area (Å²) in [4.78, 5) is 1.69. The summed E-state index contributed by atoms with van der Waals surface area (Å²) in [6.07, 6.45) is -3.47. The first-order chi connectivity index (χ1) is 8.86. The van der Waals surface area contributed by atoms with E-state index in [1.807, 2.05) is 0 Å². The summed E-state index contributed by atoms with van der Waals surface area (Å²) in [6, 6.07) is 4.70. The van der Waals surface area contributed by atoms with Crippen molar-refractivity contribution in [1.29, 1.82) is 0 Å². The van der Waals surface area contributed by atoms with Gasteiger partial charge in [-0.05, 0) is 60.2 Å². The van der Waals surface area contributed by atoms with Crippen molar-refractivity contribution in [1.82, 2.24) is 4.90 Å². The summed E-state index contributed by atoms with van der Waals surface area (Å²) in [6.45, 7) is 0.807. The van der Waals surface area contributed by atoms with E-state index < -0.39 is 12.1 Å². The average molecular weight is 387 g/mol. The highest BCUT2D eigenvalue weighted by atomic mass is 127. The van der Waals surface area contributed by atoms with Gasteiger partial charge in [-0.15, -0.1) is 0 Å². The largest absolute Gasteiger partial charge is 0.393 e. The van der Waals surface area contributed by atoms with Gasteiger partial charge in [-0.25, -0.2) is 4.39 Å². The molecule has 1 aliphatic rings. The van der Waals surface area contributed by atoms with Gasteiger partial charge in [-0.3, -0.25) is 4.90 Å². The predicted molar refractivity (Wildman–Crippen MR) is 73.2 cm³/mol. The highest BCUT2D eigenvalue weighted by Crippen LogP contribution is 2.33. The molecule has 0 aliphatic carbocycles. The lowest BCUT2D eigenvalue weighted by atomic mass is 9.97. The predicted octanol–water partition coefficient (Wildman–Crippen LogP) is 4.20. The molecule has 1 aromatic carbocycles. The van der Waals surface area contributed by atoms with Crippen LogP contribution in [-0.2, 0) is 6.54 Å². The van der Waals surface area contributed by atoms with E-state index in [0.717, 1.165) is 3.57 Å². The third kappa shape index (κ3) is 4.05. The van der Waals surface area contributed by atoms with Crippen LogP contribution in [0, 0.1) is 15.3 Å². The monoisotopic (exact) mass is 387 g/mol. The van der Waals surface area contributed by atoms with Crippen LogP contribution in [0.2, 0.25) is 0 Å². The van der Waals surface area contributed by atoms with Crippen molar-refractivity contribution in [2.75, 3.05) is 13.1 Å². The van der Waals surface area contributed by atoms with Gasteiger partial charge in [0.25, 0.3) is 0 Å². The molecule has 0 N–H and O–H groups in total. The van der Waals surface area contributed by atoms with Gasteiger partial charge in [0, 0.05) is 22.2 Å². The molecule has 19 heavy (non-hydrogen) atoms. The van der Waals surface area contributed by atoms with E-state index in [1.165, 1.54) is 6.07 Å². The number of benzene rings is 1. The Hall–Kier alpha value is -0.370. The Morgan fingerprint density at radius 1 is 1.32 bits per heavy atom. The Kier molecular flexibility index (Phi) is 4.70. The zero-order valence-corrected chi connectivity index (χ0v) is 12.3. The fourth-order valence-electron chi connectivity index (χ4n) is 2.37. The van der Waals surface area contributed by atoms with Crippen LogP contribution in [0.4, 0.5) is 17.6 Å². The zero-order chi connectivity index (χ0) is 14.0. The molecule has 1 aromatic rings. The SMILES string of the molecule is Fc1ccc(I)cc1CN1CCCC(C(F)(F)F)C1. The maximum atomic E-state index is 13.6. The van der Waals surface area contributed by atoms with Gasteiger partial charge in [-0.2, -0.15) is 13.2 Å². The maximum absolute atomic E-state index is 13.6. The Bertz CT molecular complexity index is 447. The number of alkyl halides is 3. The average Bonchev–Trinajstić information content (AvgIpc) is 2.33. The van der Waals surface area contributed by atoms with Gasteiger partial charge >= 0.3 is 6.18 Å². The van der Waals surface area contributed by atoms with Crippen LogP contribution < -0.4 is 0 Å². The van der Waals surface area contributed by atoms with Crippen molar-refractivity contribution in [2.24, 2.45) is 5.92 Å². The van der Waals surface area contributed by atoms with Crippen LogP contribution in [0.1, 0.15) is 18.4 Å². The van der Waals surface area contributed by atoms with E-state index in [-0.39, 0.29) is 25.3 Å². The van der Waals surface area contributed by atoms with Crippen molar-refractivity contribution in [3.8, 4) is 0 Å². The van der Waals surface area contributed by atoms with Crippen molar-refractivity contribution < 1.29 is 17.6 Å². The molecule has 1 saturated heterocycles. The first-order valence-electron chi connectivity index (χ1n) is 6.09. The molecule has 0 bridgehead atoms. The van der Waals surface area contributed by atoms with Crippen molar-refractivity contribution in [2.45, 2.75) is 25.6 Å². The molecule has 6 heteroatoms. The Balaban J connectivity index is 2.05. The minimum absolute atomic E-state index is 0.0333. The van der Waals surface area contributed by atoms with Gasteiger partial charge in [0.2, 0.25) is 0 Å². The Morgan fingerprint density at radius 2 is 2.05 bits per heavy atom. The van der Waals surface area contributed by atoms with E-state index >= 15 is 0 Å². The van der Waals surface area contributed by atoms with Gasteiger partial charge in [0.1, 0.15) is 5.82 Å². The molecule has 0 aromatic heterocycles. The zero-order valence-electron chi connectivity index (χ0n) is 10.2. The van der Waals surface area contributed by atoms with E-state index in [0.29, 0.717) is 18.5 Å². The summed E-state index contributed by atoms with van der Waals surface area (Å²) in [5, 5.41) is 0. The smallest absolute Gasteiger partial charge is 0.298 e. The first-order valence-corrected chi connectivity index (χ1v) is 7.17. The molecule has 106 valence electrons. The molecule has 0 spiro atoms. The summed E-state index contributed by atoms with van der Waals surface area (Å²) in [5.74, 6) is -1.64. The number of hydrogen-bond donors (Lipinski definition) is 0. The fourth-order valence-corrected chi connectivity index (χ4v) is 2.93. The van der Waals surface area contributed by atoms with E-state index in [4.69, 9.17) is 0 Å². The van der Waals surface area contributed by atoms with Gasteiger partial charge < -0.3 is 0 Å². The molecule has 0 radical (unpaired) electrons. The van der Waals surface area contributed by atoms with Gasteiger partial charge in [0.15, 0.2) is 0 Å². The lowest BCUT2D eigenvalue weighted by Gasteiger charge is -2.33. The van der Waals surface area contributed by atoms with Crippen molar-refractivity contribution >= 4 is 22.6 Å².